The van der Waals surface area contributed by atoms with Gasteiger partial charge in [-0.3, -0.25) is 14.7 Å². The van der Waals surface area contributed by atoms with Crippen molar-refractivity contribution in [3.05, 3.63) is 47.2 Å². The Morgan fingerprint density at radius 1 is 1.03 bits per heavy atom. The first-order valence-electron chi connectivity index (χ1n) is 11.9. The number of H-pyrrole nitrogens is 1. The molecule has 6 nitrogen and oxygen atoms in total. The molecule has 3 aliphatic rings. The lowest BCUT2D eigenvalue weighted by atomic mass is 9.78. The van der Waals surface area contributed by atoms with Gasteiger partial charge in [0, 0.05) is 36.1 Å². The molecule has 1 heterocycles. The number of hydrogen-bond donors (Lipinski definition) is 3. The summed E-state index contributed by atoms with van der Waals surface area (Å²) in [7, 11) is 0. The predicted molar refractivity (Wildman–Crippen MR) is 120 cm³/mol. The van der Waals surface area contributed by atoms with Crippen LogP contribution >= 0.6 is 0 Å². The fourth-order valence-electron chi connectivity index (χ4n) is 5.54. The minimum absolute atomic E-state index is 0.102. The lowest BCUT2D eigenvalue weighted by Crippen LogP contribution is -2.44. The molecule has 6 heteroatoms. The Bertz CT molecular complexity index is 916. The summed E-state index contributed by atoms with van der Waals surface area (Å²) in [4.78, 5) is 24.9. The number of nitrogens with one attached hydrogen (secondary N) is 3. The molecule has 0 unspecified atom stereocenters. The standard InChI is InChI=1S/C25H32N4O2/c30-24(12-16-10-18-8-4-5-9-19(18)11-16)26-21-13-20(14-21)22-15-23(29-28-22)27-25(31)17-6-2-1-3-7-17/h4-5,8-9,15-17,20-21H,1-3,6-7,10-14H2,(H,26,30)(H2,27,28,29,31). The van der Waals surface area contributed by atoms with Crippen LogP contribution in [-0.2, 0) is 22.4 Å². The van der Waals surface area contributed by atoms with E-state index >= 15 is 0 Å². The fraction of sp³-hybridized carbons (Fsp3) is 0.560. The van der Waals surface area contributed by atoms with E-state index in [4.69, 9.17) is 0 Å². The highest BCUT2D eigenvalue weighted by Crippen LogP contribution is 2.37. The predicted octanol–water partition coefficient (Wildman–Crippen LogP) is 4.10. The SMILES string of the molecule is O=C(CC1Cc2ccccc2C1)NC1CC(c2cc(NC(=O)C3CCCCC3)n[nH]2)C1. The average molecular weight is 421 g/mol. The Labute approximate surface area is 183 Å². The van der Waals surface area contributed by atoms with E-state index in [0.29, 0.717) is 24.1 Å². The van der Waals surface area contributed by atoms with Crippen LogP contribution in [0.3, 0.4) is 0 Å². The maximum Gasteiger partial charge on any atom is 0.228 e. The van der Waals surface area contributed by atoms with E-state index in [2.05, 4.69) is 45.1 Å². The van der Waals surface area contributed by atoms with Gasteiger partial charge in [0.2, 0.25) is 11.8 Å². The molecule has 164 valence electrons. The summed E-state index contributed by atoms with van der Waals surface area (Å²) < 4.78 is 0. The zero-order valence-corrected chi connectivity index (χ0v) is 18.0. The number of fused-ring (bicyclic) bond motifs is 1. The first kappa shape index (κ1) is 20.3. The molecular formula is C25H32N4O2. The number of anilines is 1. The number of nitrogens with zero attached hydrogens (tertiary/aromatic N) is 1. The first-order chi connectivity index (χ1) is 15.1. The summed E-state index contributed by atoms with van der Waals surface area (Å²) in [6, 6.07) is 10.7. The van der Waals surface area contributed by atoms with Gasteiger partial charge in [0.05, 0.1) is 0 Å². The second-order valence-corrected chi connectivity index (χ2v) is 9.71. The Morgan fingerprint density at radius 2 is 1.74 bits per heavy atom. The molecule has 0 radical (unpaired) electrons. The molecule has 0 aliphatic heterocycles. The summed E-state index contributed by atoms with van der Waals surface area (Å²) in [6.45, 7) is 0. The third kappa shape index (κ3) is 4.68. The van der Waals surface area contributed by atoms with Gasteiger partial charge in [-0.1, -0.05) is 43.5 Å². The van der Waals surface area contributed by atoms with Gasteiger partial charge in [-0.15, -0.1) is 0 Å². The molecule has 5 rings (SSSR count). The lowest BCUT2D eigenvalue weighted by Gasteiger charge is -2.35. The summed E-state index contributed by atoms with van der Waals surface area (Å²) in [5.74, 6) is 1.82. The van der Waals surface area contributed by atoms with E-state index < -0.39 is 0 Å². The van der Waals surface area contributed by atoms with Gasteiger partial charge < -0.3 is 10.6 Å². The Kier molecular flexibility index (Phi) is 5.79. The van der Waals surface area contributed by atoms with Crippen LogP contribution in [0.15, 0.2) is 30.3 Å². The van der Waals surface area contributed by atoms with Crippen molar-refractivity contribution in [1.82, 2.24) is 15.5 Å². The maximum absolute atomic E-state index is 12.5. The van der Waals surface area contributed by atoms with E-state index in [1.165, 1.54) is 17.5 Å². The van der Waals surface area contributed by atoms with E-state index in [9.17, 15) is 9.59 Å². The van der Waals surface area contributed by atoms with E-state index in [-0.39, 0.29) is 23.8 Å². The van der Waals surface area contributed by atoms with Gasteiger partial charge in [-0.2, -0.15) is 5.10 Å². The van der Waals surface area contributed by atoms with Crippen LogP contribution in [0.2, 0.25) is 0 Å². The Balaban J connectivity index is 1.05. The monoisotopic (exact) mass is 420 g/mol. The van der Waals surface area contributed by atoms with Gasteiger partial charge >= 0.3 is 0 Å². The van der Waals surface area contributed by atoms with Crippen molar-refractivity contribution in [2.24, 2.45) is 11.8 Å². The minimum atomic E-state index is 0.102. The average Bonchev–Trinajstić information content (AvgIpc) is 3.37. The fourth-order valence-corrected chi connectivity index (χ4v) is 5.54. The number of aromatic nitrogens is 2. The maximum atomic E-state index is 12.5. The van der Waals surface area contributed by atoms with Crippen molar-refractivity contribution in [1.29, 1.82) is 0 Å². The van der Waals surface area contributed by atoms with Crippen LogP contribution in [0, 0.1) is 11.8 Å². The molecule has 2 saturated carbocycles. The Hall–Kier alpha value is -2.63. The first-order valence-corrected chi connectivity index (χ1v) is 11.9. The smallest absolute Gasteiger partial charge is 0.228 e. The molecule has 0 saturated heterocycles. The normalized spacial score (nSPS) is 23.7. The third-order valence-corrected chi connectivity index (χ3v) is 7.38. The van der Waals surface area contributed by atoms with Crippen molar-refractivity contribution >= 4 is 17.6 Å². The zero-order chi connectivity index (χ0) is 21.2. The molecule has 0 bridgehead atoms. The molecule has 31 heavy (non-hydrogen) atoms. The van der Waals surface area contributed by atoms with Crippen molar-refractivity contribution in [3.63, 3.8) is 0 Å². The van der Waals surface area contributed by atoms with Gasteiger partial charge in [0.15, 0.2) is 5.82 Å². The molecule has 0 atom stereocenters. The highest BCUT2D eigenvalue weighted by atomic mass is 16.2. The quantitative estimate of drug-likeness (QED) is 0.658. The van der Waals surface area contributed by atoms with Crippen molar-refractivity contribution in [2.75, 3.05) is 5.32 Å². The molecule has 1 aromatic carbocycles. The number of rotatable bonds is 6. The molecular weight excluding hydrogens is 388 g/mol. The molecule has 2 fully saturated rings. The summed E-state index contributed by atoms with van der Waals surface area (Å²) in [5.41, 5.74) is 3.85. The van der Waals surface area contributed by atoms with Crippen molar-refractivity contribution in [3.8, 4) is 0 Å². The number of carbonyl (C=O) groups is 2. The van der Waals surface area contributed by atoms with E-state index in [1.807, 2.05) is 6.07 Å². The lowest BCUT2D eigenvalue weighted by molar-refractivity contribution is -0.123. The summed E-state index contributed by atoms with van der Waals surface area (Å²) in [6.07, 6.45) is 9.99. The largest absolute Gasteiger partial charge is 0.353 e. The number of benzene rings is 1. The second kappa shape index (κ2) is 8.85. The highest BCUT2D eigenvalue weighted by molar-refractivity contribution is 5.91. The second-order valence-electron chi connectivity index (χ2n) is 9.71. The van der Waals surface area contributed by atoms with Gasteiger partial charge in [-0.05, 0) is 55.6 Å². The van der Waals surface area contributed by atoms with Gasteiger partial charge in [-0.25, -0.2) is 0 Å². The minimum Gasteiger partial charge on any atom is -0.353 e. The van der Waals surface area contributed by atoms with Crippen LogP contribution < -0.4 is 10.6 Å². The molecule has 2 amide bonds. The van der Waals surface area contributed by atoms with Crippen LogP contribution in [0.4, 0.5) is 5.82 Å². The van der Waals surface area contributed by atoms with Crippen molar-refractivity contribution < 1.29 is 9.59 Å². The summed E-state index contributed by atoms with van der Waals surface area (Å²) >= 11 is 0. The Morgan fingerprint density at radius 3 is 2.45 bits per heavy atom. The van der Waals surface area contributed by atoms with Crippen LogP contribution in [-0.4, -0.2) is 28.1 Å². The van der Waals surface area contributed by atoms with Crippen LogP contribution in [0.25, 0.3) is 0 Å². The number of aromatic amines is 1. The number of hydrogen-bond acceptors (Lipinski definition) is 3. The molecule has 3 N–H and O–H groups in total. The van der Waals surface area contributed by atoms with Gasteiger partial charge in [0.1, 0.15) is 0 Å². The van der Waals surface area contributed by atoms with E-state index in [1.54, 1.807) is 0 Å². The number of carbonyl (C=O) groups excluding carboxylic acids is 2. The highest BCUT2D eigenvalue weighted by Gasteiger charge is 2.34. The van der Waals surface area contributed by atoms with Crippen molar-refractivity contribution in [2.45, 2.75) is 76.2 Å². The van der Waals surface area contributed by atoms with Gasteiger partial charge in [0.25, 0.3) is 0 Å². The van der Waals surface area contributed by atoms with E-state index in [0.717, 1.165) is 57.1 Å². The topological polar surface area (TPSA) is 86.9 Å². The van der Waals surface area contributed by atoms with Crippen LogP contribution in [0.1, 0.15) is 74.1 Å². The zero-order valence-electron chi connectivity index (χ0n) is 18.0. The van der Waals surface area contributed by atoms with Crippen LogP contribution in [0.5, 0.6) is 0 Å². The third-order valence-electron chi connectivity index (χ3n) is 7.38. The molecule has 0 spiro atoms. The molecule has 3 aliphatic carbocycles. The molecule has 1 aromatic heterocycles. The molecule has 2 aromatic rings. The summed E-state index contributed by atoms with van der Waals surface area (Å²) in [5, 5.41) is 13.5. The number of amides is 2.